The monoisotopic (exact) mass is 304 g/mol. The number of piperazine rings is 1. The molecule has 0 amide bonds. The predicted molar refractivity (Wildman–Crippen MR) is 77.3 cm³/mol. The van der Waals surface area contributed by atoms with Crippen LogP contribution in [0.4, 0.5) is 0 Å². The third kappa shape index (κ3) is 4.82. The second-order valence-corrected chi connectivity index (χ2v) is 5.41. The fourth-order valence-electron chi connectivity index (χ4n) is 2.00. The van der Waals surface area contributed by atoms with Gasteiger partial charge in [0.2, 0.25) is 0 Å². The lowest BCUT2D eigenvalue weighted by molar-refractivity contribution is 0.0641. The standard InChI is InChI=1S/C13H18Cl2N2O2/c14-12-2-1-11(7-13(12)15)19-9-10(18)8-17-5-3-16-4-6-17/h1-2,7,10,16,18H,3-6,8-9H2. The lowest BCUT2D eigenvalue weighted by Crippen LogP contribution is -2.47. The third-order valence-electron chi connectivity index (χ3n) is 3.01. The van der Waals surface area contributed by atoms with E-state index in [2.05, 4.69) is 10.2 Å². The third-order valence-corrected chi connectivity index (χ3v) is 3.75. The Morgan fingerprint density at radius 2 is 2.00 bits per heavy atom. The molecule has 1 unspecified atom stereocenters. The number of hydrogen-bond acceptors (Lipinski definition) is 4. The van der Waals surface area contributed by atoms with Crippen molar-refractivity contribution in [2.75, 3.05) is 39.3 Å². The molecule has 19 heavy (non-hydrogen) atoms. The van der Waals surface area contributed by atoms with Gasteiger partial charge >= 0.3 is 0 Å². The Hall–Kier alpha value is -0.520. The number of nitrogens with zero attached hydrogens (tertiary/aromatic N) is 1. The van der Waals surface area contributed by atoms with E-state index in [4.69, 9.17) is 27.9 Å². The Balaban J connectivity index is 1.75. The van der Waals surface area contributed by atoms with E-state index in [9.17, 15) is 5.11 Å². The van der Waals surface area contributed by atoms with Gasteiger partial charge in [-0.2, -0.15) is 0 Å². The molecule has 0 bridgehead atoms. The van der Waals surface area contributed by atoms with Gasteiger partial charge in [-0.1, -0.05) is 23.2 Å². The Morgan fingerprint density at radius 3 is 2.68 bits per heavy atom. The Labute approximate surface area is 123 Å². The van der Waals surface area contributed by atoms with Crippen LogP contribution in [-0.2, 0) is 0 Å². The van der Waals surface area contributed by atoms with Crippen LogP contribution in [0.25, 0.3) is 0 Å². The summed E-state index contributed by atoms with van der Waals surface area (Å²) in [4.78, 5) is 2.22. The van der Waals surface area contributed by atoms with E-state index < -0.39 is 6.10 Å². The van der Waals surface area contributed by atoms with Crippen molar-refractivity contribution in [3.63, 3.8) is 0 Å². The average molecular weight is 305 g/mol. The quantitative estimate of drug-likeness (QED) is 0.868. The molecule has 1 aromatic carbocycles. The van der Waals surface area contributed by atoms with Gasteiger partial charge in [-0.15, -0.1) is 0 Å². The second kappa shape index (κ2) is 7.31. The van der Waals surface area contributed by atoms with Crippen LogP contribution in [0, 0.1) is 0 Å². The molecular formula is C13H18Cl2N2O2. The fourth-order valence-corrected chi connectivity index (χ4v) is 2.29. The molecule has 0 saturated carbocycles. The molecule has 0 radical (unpaired) electrons. The SMILES string of the molecule is OC(COc1ccc(Cl)c(Cl)c1)CN1CCNCC1. The van der Waals surface area contributed by atoms with Crippen molar-refractivity contribution in [3.8, 4) is 5.75 Å². The second-order valence-electron chi connectivity index (χ2n) is 4.59. The van der Waals surface area contributed by atoms with Gasteiger partial charge < -0.3 is 15.2 Å². The van der Waals surface area contributed by atoms with Gasteiger partial charge in [0.05, 0.1) is 10.0 Å². The summed E-state index contributed by atoms with van der Waals surface area (Å²) in [5.41, 5.74) is 0. The van der Waals surface area contributed by atoms with Crippen LogP contribution in [0.5, 0.6) is 5.75 Å². The van der Waals surface area contributed by atoms with Crippen molar-refractivity contribution in [1.82, 2.24) is 10.2 Å². The highest BCUT2D eigenvalue weighted by Gasteiger charge is 2.14. The number of ether oxygens (including phenoxy) is 1. The number of β-amino-alcohol motifs (C(OH)–C–C–N with tert-alkyl or cyclic N) is 1. The molecule has 0 aromatic heterocycles. The van der Waals surface area contributed by atoms with Crippen LogP contribution < -0.4 is 10.1 Å². The minimum absolute atomic E-state index is 0.252. The highest BCUT2D eigenvalue weighted by atomic mass is 35.5. The van der Waals surface area contributed by atoms with Gasteiger partial charge in [-0.25, -0.2) is 0 Å². The Bertz CT molecular complexity index is 412. The summed E-state index contributed by atoms with van der Waals surface area (Å²) in [7, 11) is 0. The number of hydrogen-bond donors (Lipinski definition) is 2. The van der Waals surface area contributed by atoms with E-state index in [1.54, 1.807) is 18.2 Å². The van der Waals surface area contributed by atoms with Crippen molar-refractivity contribution in [2.24, 2.45) is 0 Å². The molecule has 6 heteroatoms. The summed E-state index contributed by atoms with van der Waals surface area (Å²) in [6.45, 7) is 4.75. The average Bonchev–Trinajstić information content (AvgIpc) is 2.41. The van der Waals surface area contributed by atoms with Crippen molar-refractivity contribution in [2.45, 2.75) is 6.10 Å². The molecule has 1 atom stereocenters. The van der Waals surface area contributed by atoms with Crippen molar-refractivity contribution >= 4 is 23.2 Å². The van der Waals surface area contributed by atoms with E-state index in [0.717, 1.165) is 26.2 Å². The first kappa shape index (κ1) is 14.9. The van der Waals surface area contributed by atoms with Crippen LogP contribution >= 0.6 is 23.2 Å². The van der Waals surface area contributed by atoms with E-state index >= 15 is 0 Å². The van der Waals surface area contributed by atoms with Crippen LogP contribution in [-0.4, -0.2) is 55.4 Å². The molecule has 1 fully saturated rings. The van der Waals surface area contributed by atoms with Crippen molar-refractivity contribution in [1.29, 1.82) is 0 Å². The zero-order valence-corrected chi connectivity index (χ0v) is 12.1. The van der Waals surface area contributed by atoms with Crippen molar-refractivity contribution < 1.29 is 9.84 Å². The normalized spacial score (nSPS) is 18.3. The molecule has 1 aliphatic rings. The minimum Gasteiger partial charge on any atom is -0.491 e. The zero-order chi connectivity index (χ0) is 13.7. The zero-order valence-electron chi connectivity index (χ0n) is 10.6. The fraction of sp³-hybridized carbons (Fsp3) is 0.538. The number of benzene rings is 1. The largest absolute Gasteiger partial charge is 0.491 e. The molecule has 4 nitrogen and oxygen atoms in total. The maximum Gasteiger partial charge on any atom is 0.121 e. The number of nitrogens with one attached hydrogen (secondary N) is 1. The highest BCUT2D eigenvalue weighted by Crippen LogP contribution is 2.26. The topological polar surface area (TPSA) is 44.7 Å². The summed E-state index contributed by atoms with van der Waals surface area (Å²) in [6.07, 6.45) is -0.507. The highest BCUT2D eigenvalue weighted by molar-refractivity contribution is 6.42. The maximum atomic E-state index is 9.94. The number of aliphatic hydroxyl groups is 1. The molecule has 1 aromatic rings. The Kier molecular flexibility index (Phi) is 5.73. The smallest absolute Gasteiger partial charge is 0.121 e. The molecule has 0 spiro atoms. The van der Waals surface area contributed by atoms with Crippen LogP contribution in [0.2, 0.25) is 10.0 Å². The van der Waals surface area contributed by atoms with Crippen LogP contribution in [0.1, 0.15) is 0 Å². The minimum atomic E-state index is -0.507. The van der Waals surface area contributed by atoms with Crippen LogP contribution in [0.15, 0.2) is 18.2 Å². The molecule has 2 rings (SSSR count). The van der Waals surface area contributed by atoms with E-state index in [0.29, 0.717) is 22.3 Å². The molecule has 0 aliphatic carbocycles. The van der Waals surface area contributed by atoms with Crippen LogP contribution in [0.3, 0.4) is 0 Å². The van der Waals surface area contributed by atoms with Gasteiger partial charge in [-0.05, 0) is 12.1 Å². The molecule has 2 N–H and O–H groups in total. The van der Waals surface area contributed by atoms with Gasteiger partial charge in [0, 0.05) is 38.8 Å². The van der Waals surface area contributed by atoms with Gasteiger partial charge in [0.15, 0.2) is 0 Å². The Morgan fingerprint density at radius 1 is 1.26 bits per heavy atom. The number of aliphatic hydroxyl groups excluding tert-OH is 1. The molecular weight excluding hydrogens is 287 g/mol. The first-order valence-electron chi connectivity index (χ1n) is 6.34. The van der Waals surface area contributed by atoms with E-state index in [1.165, 1.54) is 0 Å². The lowest BCUT2D eigenvalue weighted by Gasteiger charge is -2.29. The summed E-state index contributed by atoms with van der Waals surface area (Å²) in [5, 5.41) is 14.2. The van der Waals surface area contributed by atoms with Gasteiger partial charge in [0.25, 0.3) is 0 Å². The summed E-state index contributed by atoms with van der Waals surface area (Å²) in [6, 6.07) is 5.08. The summed E-state index contributed by atoms with van der Waals surface area (Å²) in [5.74, 6) is 0.619. The molecule has 1 saturated heterocycles. The predicted octanol–water partition coefficient (Wildman–Crippen LogP) is 1.64. The first-order chi connectivity index (χ1) is 9.15. The maximum absolute atomic E-state index is 9.94. The van der Waals surface area contributed by atoms with Gasteiger partial charge in [0.1, 0.15) is 18.5 Å². The van der Waals surface area contributed by atoms with E-state index in [-0.39, 0.29) is 6.61 Å². The van der Waals surface area contributed by atoms with Crippen molar-refractivity contribution in [3.05, 3.63) is 28.2 Å². The summed E-state index contributed by atoms with van der Waals surface area (Å²) < 4.78 is 5.51. The molecule has 1 heterocycles. The molecule has 1 aliphatic heterocycles. The first-order valence-corrected chi connectivity index (χ1v) is 7.10. The lowest BCUT2D eigenvalue weighted by atomic mass is 10.3. The van der Waals surface area contributed by atoms with E-state index in [1.807, 2.05) is 0 Å². The summed E-state index contributed by atoms with van der Waals surface area (Å²) >= 11 is 11.7. The molecule has 106 valence electrons. The number of rotatable bonds is 5. The van der Waals surface area contributed by atoms with Gasteiger partial charge in [-0.3, -0.25) is 4.90 Å². The number of halogens is 2.